The van der Waals surface area contributed by atoms with Gasteiger partial charge in [0.2, 0.25) is 10.0 Å². The summed E-state index contributed by atoms with van der Waals surface area (Å²) < 4.78 is 73.4. The van der Waals surface area contributed by atoms with Crippen molar-refractivity contribution in [2.75, 3.05) is 36.8 Å². The van der Waals surface area contributed by atoms with Crippen LogP contribution in [0, 0.1) is 27.5 Å². The molecule has 2 saturated heterocycles. The number of alkyl halides is 3. The molecule has 0 aliphatic carbocycles. The second-order valence-electron chi connectivity index (χ2n) is 10.3. The van der Waals surface area contributed by atoms with E-state index in [1.807, 2.05) is 4.90 Å². The molecule has 10 N–H and O–H groups in total. The lowest BCUT2D eigenvalue weighted by molar-refractivity contribution is -0.139. The average Bonchev–Trinajstić information content (AvgIpc) is 2.98. The van der Waals surface area contributed by atoms with E-state index in [0.717, 1.165) is 51.3 Å². The van der Waals surface area contributed by atoms with E-state index in [-0.39, 0.29) is 34.4 Å². The number of primary sulfonamides is 1. The van der Waals surface area contributed by atoms with Crippen molar-refractivity contribution < 1.29 is 26.0 Å². The first-order valence-electron chi connectivity index (χ1n) is 14.1. The Bertz CT molecular complexity index is 1470. The van der Waals surface area contributed by atoms with Crippen molar-refractivity contribution in [3.05, 3.63) is 53.8 Å². The summed E-state index contributed by atoms with van der Waals surface area (Å²) in [4.78, 5) is 3.66. The standard InChI is InChI=1S/C14H17F4N5.C13H20N6O2S/c15-11-5-4-9(8-10(11)14(16,17)18)21-12(19)22-13(20)23-6-2-1-3-7-23;14-12(18-13(15)19-8-2-1-3-9-19)17-10-4-6-11(7-5-10)22(16,20)21/h4-5,8H,1-3,6-7H2,(H4,19,20,21,22);4-7H,1-3,8-9H2,(H2,16,20,21)(H4,14,15,17,18). The molecule has 2 aliphatic heterocycles. The Labute approximate surface area is 258 Å². The maximum absolute atomic E-state index is 13.2. The van der Waals surface area contributed by atoms with Crippen molar-refractivity contribution in [2.24, 2.45) is 5.14 Å². The number of hydrogen-bond acceptors (Lipinski definition) is 6. The number of benzene rings is 2. The van der Waals surface area contributed by atoms with Gasteiger partial charge in [0.05, 0.1) is 10.5 Å². The highest BCUT2D eigenvalue weighted by molar-refractivity contribution is 7.89. The van der Waals surface area contributed by atoms with Crippen molar-refractivity contribution in [3.8, 4) is 0 Å². The van der Waals surface area contributed by atoms with E-state index in [2.05, 4.69) is 21.3 Å². The Morgan fingerprint density at radius 3 is 1.56 bits per heavy atom. The first-order chi connectivity index (χ1) is 21.1. The van der Waals surface area contributed by atoms with Crippen LogP contribution in [0.25, 0.3) is 0 Å². The molecule has 2 aromatic rings. The van der Waals surface area contributed by atoms with Crippen molar-refractivity contribution in [3.63, 3.8) is 0 Å². The van der Waals surface area contributed by atoms with Crippen molar-refractivity contribution >= 4 is 45.2 Å². The summed E-state index contributed by atoms with van der Waals surface area (Å²) in [6.45, 7) is 3.05. The van der Waals surface area contributed by atoms with Crippen LogP contribution in [0.3, 0.4) is 0 Å². The summed E-state index contributed by atoms with van der Waals surface area (Å²) in [5, 5.41) is 46.6. The average molecular weight is 656 g/mol. The van der Waals surface area contributed by atoms with Gasteiger partial charge in [0, 0.05) is 37.6 Å². The number of piperidine rings is 2. The minimum absolute atomic E-state index is 0.0126. The Kier molecular flexibility index (Phi) is 12.1. The van der Waals surface area contributed by atoms with Gasteiger partial charge in [0.25, 0.3) is 0 Å². The number of nitrogens with one attached hydrogen (secondary N) is 8. The first kappa shape index (κ1) is 35.0. The highest BCUT2D eigenvalue weighted by atomic mass is 32.2. The van der Waals surface area contributed by atoms with Crippen LogP contribution in [0.4, 0.5) is 28.9 Å². The molecule has 18 heteroatoms. The van der Waals surface area contributed by atoms with Crippen LogP contribution in [0.1, 0.15) is 44.1 Å². The van der Waals surface area contributed by atoms with Crippen LogP contribution < -0.4 is 26.4 Å². The van der Waals surface area contributed by atoms with Gasteiger partial charge in [-0.2, -0.15) is 13.2 Å². The summed E-state index contributed by atoms with van der Waals surface area (Å²) in [6.07, 6.45) is 1.48. The molecule has 0 bridgehead atoms. The predicted octanol–water partition coefficient (Wildman–Crippen LogP) is 3.89. The molecule has 246 valence electrons. The summed E-state index contributed by atoms with van der Waals surface area (Å²) in [6, 6.07) is 8.14. The smallest absolute Gasteiger partial charge is 0.343 e. The molecular weight excluding hydrogens is 618 g/mol. The number of rotatable bonds is 3. The lowest BCUT2D eigenvalue weighted by atomic mass is 10.1. The Morgan fingerprint density at radius 2 is 1.13 bits per heavy atom. The number of anilines is 2. The summed E-state index contributed by atoms with van der Waals surface area (Å²) in [5.41, 5.74) is -0.944. The van der Waals surface area contributed by atoms with Crippen LogP contribution in [0.15, 0.2) is 47.4 Å². The monoisotopic (exact) mass is 655 g/mol. The molecular formula is C27H37F4N11O2S. The summed E-state index contributed by atoms with van der Waals surface area (Å²) in [5.74, 6) is -1.55. The van der Waals surface area contributed by atoms with Gasteiger partial charge in [-0.1, -0.05) is 0 Å². The van der Waals surface area contributed by atoms with Crippen LogP contribution in [-0.2, 0) is 16.2 Å². The van der Waals surface area contributed by atoms with E-state index in [4.69, 9.17) is 26.8 Å². The van der Waals surface area contributed by atoms with Crippen molar-refractivity contribution in [1.29, 1.82) is 21.6 Å². The summed E-state index contributed by atoms with van der Waals surface area (Å²) >= 11 is 0. The van der Waals surface area contributed by atoms with Crippen LogP contribution >= 0.6 is 0 Å². The molecule has 2 aromatic carbocycles. The third-order valence-corrected chi connectivity index (χ3v) is 7.75. The molecule has 0 atom stereocenters. The van der Waals surface area contributed by atoms with Gasteiger partial charge in [0.15, 0.2) is 23.8 Å². The fourth-order valence-electron chi connectivity index (χ4n) is 4.53. The van der Waals surface area contributed by atoms with Gasteiger partial charge in [-0.15, -0.1) is 0 Å². The van der Waals surface area contributed by atoms with Crippen LogP contribution in [0.5, 0.6) is 0 Å². The number of nitrogens with zero attached hydrogens (tertiary/aromatic N) is 2. The molecule has 0 aromatic heterocycles. The lowest BCUT2D eigenvalue weighted by Crippen LogP contribution is -2.47. The van der Waals surface area contributed by atoms with E-state index in [0.29, 0.717) is 30.9 Å². The van der Waals surface area contributed by atoms with Crippen LogP contribution in [0.2, 0.25) is 0 Å². The molecule has 2 aliphatic rings. The molecule has 2 heterocycles. The maximum Gasteiger partial charge on any atom is 0.419 e. The highest BCUT2D eigenvalue weighted by Crippen LogP contribution is 2.33. The number of halogens is 4. The highest BCUT2D eigenvalue weighted by Gasteiger charge is 2.34. The van der Waals surface area contributed by atoms with E-state index in [1.165, 1.54) is 30.7 Å². The first-order valence-corrected chi connectivity index (χ1v) is 15.6. The van der Waals surface area contributed by atoms with E-state index >= 15 is 0 Å². The third kappa shape index (κ3) is 11.2. The molecule has 0 amide bonds. The molecule has 13 nitrogen and oxygen atoms in total. The molecule has 2 fully saturated rings. The molecule has 45 heavy (non-hydrogen) atoms. The number of nitrogens with two attached hydrogens (primary N) is 1. The van der Waals surface area contributed by atoms with Gasteiger partial charge in [-0.05, 0) is 81.0 Å². The predicted molar refractivity (Wildman–Crippen MR) is 164 cm³/mol. The minimum atomic E-state index is -4.81. The van der Waals surface area contributed by atoms with Gasteiger partial charge in [0.1, 0.15) is 5.82 Å². The molecule has 0 radical (unpaired) electrons. The SMILES string of the molecule is N=C(NC(=N)N1CCCCC1)Nc1ccc(F)c(C(F)(F)F)c1.N=C(NC(=N)N1CCCCC1)Nc1ccc(S(N)(=O)=O)cc1. The summed E-state index contributed by atoms with van der Waals surface area (Å²) in [7, 11) is -3.72. The normalized spacial score (nSPS) is 15.2. The van der Waals surface area contributed by atoms with Gasteiger partial charge >= 0.3 is 6.18 Å². The number of sulfonamides is 1. The van der Waals surface area contributed by atoms with E-state index in [1.54, 1.807) is 4.90 Å². The van der Waals surface area contributed by atoms with Gasteiger partial charge < -0.3 is 20.4 Å². The molecule has 0 spiro atoms. The quantitative estimate of drug-likeness (QED) is 0.134. The Balaban J connectivity index is 0.000000246. The zero-order valence-corrected chi connectivity index (χ0v) is 25.1. The van der Waals surface area contributed by atoms with Crippen molar-refractivity contribution in [2.45, 2.75) is 49.6 Å². The van der Waals surface area contributed by atoms with Crippen LogP contribution in [-0.4, -0.2) is 68.2 Å². The number of likely N-dealkylation sites (tertiary alicyclic amines) is 2. The number of hydrogen-bond donors (Lipinski definition) is 9. The van der Waals surface area contributed by atoms with Crippen molar-refractivity contribution in [1.82, 2.24) is 20.4 Å². The van der Waals surface area contributed by atoms with E-state index < -0.39 is 27.6 Å². The van der Waals surface area contributed by atoms with Gasteiger partial charge in [-0.25, -0.2) is 17.9 Å². The second-order valence-corrected chi connectivity index (χ2v) is 11.9. The largest absolute Gasteiger partial charge is 0.419 e. The Hall–Kier alpha value is -4.45. The number of guanidine groups is 4. The second kappa shape index (κ2) is 15.5. The molecule has 4 rings (SSSR count). The minimum Gasteiger partial charge on any atom is -0.343 e. The zero-order chi connectivity index (χ0) is 33.2. The lowest BCUT2D eigenvalue weighted by Gasteiger charge is -2.29. The fourth-order valence-corrected chi connectivity index (χ4v) is 5.04. The third-order valence-electron chi connectivity index (χ3n) is 6.82. The topological polar surface area (TPSA) is 210 Å². The van der Waals surface area contributed by atoms with Gasteiger partial charge in [-0.3, -0.25) is 32.3 Å². The maximum atomic E-state index is 13.2. The fraction of sp³-hybridized carbons (Fsp3) is 0.407. The van der Waals surface area contributed by atoms with E-state index in [9.17, 15) is 26.0 Å². The Morgan fingerprint density at radius 1 is 0.711 bits per heavy atom. The molecule has 0 saturated carbocycles. The zero-order valence-electron chi connectivity index (χ0n) is 24.3. The molecule has 0 unspecified atom stereocenters.